The summed E-state index contributed by atoms with van der Waals surface area (Å²) in [6.07, 6.45) is 1.59. The molecule has 27 heavy (non-hydrogen) atoms. The molecule has 152 valence electrons. The highest BCUT2D eigenvalue weighted by Crippen LogP contribution is 2.23. The zero-order valence-corrected chi connectivity index (χ0v) is 17.9. The molecule has 1 heterocycles. The van der Waals surface area contributed by atoms with E-state index in [0.717, 1.165) is 5.56 Å². The van der Waals surface area contributed by atoms with Gasteiger partial charge in [0.2, 0.25) is 15.9 Å². The average molecular weight is 417 g/mol. The summed E-state index contributed by atoms with van der Waals surface area (Å²) >= 11 is 0. The van der Waals surface area contributed by atoms with Gasteiger partial charge in [-0.05, 0) is 29.5 Å². The molecule has 1 aliphatic heterocycles. The summed E-state index contributed by atoms with van der Waals surface area (Å²) in [7, 11) is -6.86. The van der Waals surface area contributed by atoms with Gasteiger partial charge >= 0.3 is 0 Å². The first-order valence-electron chi connectivity index (χ1n) is 8.87. The van der Waals surface area contributed by atoms with Crippen LogP contribution in [0.3, 0.4) is 0 Å². The van der Waals surface area contributed by atoms with E-state index in [9.17, 15) is 21.6 Å². The summed E-state index contributed by atoms with van der Waals surface area (Å²) in [5, 5.41) is -0.528. The number of nitrogens with one attached hydrogen (secondary N) is 1. The van der Waals surface area contributed by atoms with Gasteiger partial charge in [0.25, 0.3) is 0 Å². The van der Waals surface area contributed by atoms with Crippen LogP contribution < -0.4 is 4.72 Å². The van der Waals surface area contributed by atoms with Crippen molar-refractivity contribution in [3.8, 4) is 0 Å². The standard InChI is InChI=1S/C18H28N2O5S2/c1-18(2,3)14-5-7-15(8-6-14)27(24,25)19-11-9-17(21)20-12-10-16(13-20)26(4,22)23/h5-8,16,19H,9-13H2,1-4H3. The molecule has 7 nitrogen and oxygen atoms in total. The van der Waals surface area contributed by atoms with Crippen molar-refractivity contribution in [2.45, 2.75) is 49.2 Å². The normalized spacial score (nSPS) is 18.7. The van der Waals surface area contributed by atoms with Crippen LogP contribution >= 0.6 is 0 Å². The first kappa shape index (κ1) is 21.8. The minimum absolute atomic E-state index is 0.00418. The molecule has 0 spiro atoms. The van der Waals surface area contributed by atoms with Crippen molar-refractivity contribution in [3.05, 3.63) is 29.8 Å². The molecule has 0 bridgehead atoms. The number of hydrogen-bond acceptors (Lipinski definition) is 5. The van der Waals surface area contributed by atoms with Gasteiger partial charge in [0.15, 0.2) is 9.84 Å². The number of likely N-dealkylation sites (tertiary alicyclic amines) is 1. The van der Waals surface area contributed by atoms with E-state index in [1.54, 1.807) is 24.3 Å². The highest BCUT2D eigenvalue weighted by atomic mass is 32.2. The van der Waals surface area contributed by atoms with Crippen LogP contribution in [0, 0.1) is 0 Å². The number of carbonyl (C=O) groups excluding carboxylic acids is 1. The Labute approximate surface area is 162 Å². The summed E-state index contributed by atoms with van der Waals surface area (Å²) in [5.41, 5.74) is 0.966. The molecule has 1 fully saturated rings. The summed E-state index contributed by atoms with van der Waals surface area (Å²) in [6, 6.07) is 6.69. The molecule has 2 rings (SSSR count). The lowest BCUT2D eigenvalue weighted by Gasteiger charge is -2.19. The largest absolute Gasteiger partial charge is 0.341 e. The van der Waals surface area contributed by atoms with E-state index in [2.05, 4.69) is 4.72 Å². The number of amides is 1. The fourth-order valence-corrected chi connectivity index (χ4v) is 4.99. The van der Waals surface area contributed by atoms with Gasteiger partial charge in [-0.2, -0.15) is 0 Å². The van der Waals surface area contributed by atoms with E-state index >= 15 is 0 Å². The Morgan fingerprint density at radius 2 is 1.74 bits per heavy atom. The van der Waals surface area contributed by atoms with Crippen molar-refractivity contribution in [1.29, 1.82) is 0 Å². The van der Waals surface area contributed by atoms with Crippen LogP contribution in [0.2, 0.25) is 0 Å². The molecular weight excluding hydrogens is 388 g/mol. The first-order chi connectivity index (χ1) is 12.3. The van der Waals surface area contributed by atoms with Crippen LogP contribution in [0.5, 0.6) is 0 Å². The number of sulfonamides is 1. The van der Waals surface area contributed by atoms with Crippen molar-refractivity contribution in [1.82, 2.24) is 9.62 Å². The molecular formula is C18H28N2O5S2. The molecule has 0 aliphatic carbocycles. The van der Waals surface area contributed by atoms with Crippen LogP contribution in [0.4, 0.5) is 0 Å². The predicted octanol–water partition coefficient (Wildman–Crippen LogP) is 1.30. The Bertz CT molecular complexity index is 885. The minimum atomic E-state index is -3.69. The Morgan fingerprint density at radius 1 is 1.15 bits per heavy atom. The smallest absolute Gasteiger partial charge is 0.240 e. The number of carbonyl (C=O) groups is 1. The predicted molar refractivity (Wildman–Crippen MR) is 105 cm³/mol. The monoisotopic (exact) mass is 416 g/mol. The molecule has 0 radical (unpaired) electrons. The van der Waals surface area contributed by atoms with Gasteiger partial charge in [-0.15, -0.1) is 0 Å². The third-order valence-corrected chi connectivity index (χ3v) is 7.84. The summed E-state index contributed by atoms with van der Waals surface area (Å²) in [6.45, 7) is 6.69. The van der Waals surface area contributed by atoms with E-state index in [-0.39, 0.29) is 35.7 Å². The third-order valence-electron chi connectivity index (χ3n) is 4.76. The Hall–Kier alpha value is -1.45. The lowest BCUT2D eigenvalue weighted by molar-refractivity contribution is -0.129. The molecule has 1 aromatic carbocycles. The second-order valence-corrected chi connectivity index (χ2v) is 12.1. The van der Waals surface area contributed by atoms with Crippen molar-refractivity contribution >= 4 is 25.8 Å². The van der Waals surface area contributed by atoms with E-state index in [4.69, 9.17) is 0 Å². The number of sulfone groups is 1. The number of hydrogen-bond donors (Lipinski definition) is 1. The summed E-state index contributed by atoms with van der Waals surface area (Å²) in [5.74, 6) is -0.244. The lowest BCUT2D eigenvalue weighted by Crippen LogP contribution is -2.34. The fourth-order valence-electron chi connectivity index (χ4n) is 2.97. The highest BCUT2D eigenvalue weighted by molar-refractivity contribution is 7.91. The lowest BCUT2D eigenvalue weighted by atomic mass is 9.87. The van der Waals surface area contributed by atoms with Crippen LogP contribution in [0.25, 0.3) is 0 Å². The van der Waals surface area contributed by atoms with Crippen LogP contribution in [-0.4, -0.2) is 58.8 Å². The molecule has 9 heteroatoms. The molecule has 1 N–H and O–H groups in total. The minimum Gasteiger partial charge on any atom is -0.341 e. The maximum Gasteiger partial charge on any atom is 0.240 e. The Balaban J connectivity index is 1.90. The zero-order valence-electron chi connectivity index (χ0n) is 16.2. The van der Waals surface area contributed by atoms with Crippen molar-refractivity contribution in [3.63, 3.8) is 0 Å². The second kappa shape index (κ2) is 7.89. The average Bonchev–Trinajstić information content (AvgIpc) is 3.04. The van der Waals surface area contributed by atoms with Gasteiger partial charge in [-0.3, -0.25) is 4.79 Å². The number of benzene rings is 1. The number of rotatable bonds is 6. The van der Waals surface area contributed by atoms with E-state index < -0.39 is 25.1 Å². The van der Waals surface area contributed by atoms with Crippen molar-refractivity contribution < 1.29 is 21.6 Å². The molecule has 1 unspecified atom stereocenters. The fraction of sp³-hybridized carbons (Fsp3) is 0.611. The third kappa shape index (κ3) is 5.76. The summed E-state index contributed by atoms with van der Waals surface area (Å²) < 4.78 is 50.3. The van der Waals surface area contributed by atoms with Gasteiger partial charge in [0, 0.05) is 32.3 Å². The molecule has 0 saturated carbocycles. The first-order valence-corrected chi connectivity index (χ1v) is 12.3. The molecule has 1 aliphatic rings. The van der Waals surface area contributed by atoms with Crippen LogP contribution in [0.1, 0.15) is 39.2 Å². The maximum absolute atomic E-state index is 12.4. The maximum atomic E-state index is 12.4. The zero-order chi connectivity index (χ0) is 20.5. The quantitative estimate of drug-likeness (QED) is 0.753. The van der Waals surface area contributed by atoms with Gasteiger partial charge in [-0.1, -0.05) is 32.9 Å². The molecule has 1 saturated heterocycles. The van der Waals surface area contributed by atoms with Gasteiger partial charge in [0.1, 0.15) is 0 Å². The van der Waals surface area contributed by atoms with E-state index in [1.165, 1.54) is 11.2 Å². The topological polar surface area (TPSA) is 101 Å². The summed E-state index contributed by atoms with van der Waals surface area (Å²) in [4.78, 5) is 13.8. The molecule has 1 aromatic rings. The van der Waals surface area contributed by atoms with Gasteiger partial charge in [-0.25, -0.2) is 21.6 Å². The molecule has 0 aromatic heterocycles. The van der Waals surface area contributed by atoms with Crippen LogP contribution in [-0.2, 0) is 30.1 Å². The van der Waals surface area contributed by atoms with Gasteiger partial charge in [0.05, 0.1) is 10.1 Å². The molecule has 1 amide bonds. The number of nitrogens with zero attached hydrogens (tertiary/aromatic N) is 1. The van der Waals surface area contributed by atoms with Crippen molar-refractivity contribution in [2.24, 2.45) is 0 Å². The molecule has 1 atom stereocenters. The Kier molecular flexibility index (Phi) is 6.38. The van der Waals surface area contributed by atoms with Crippen molar-refractivity contribution in [2.75, 3.05) is 25.9 Å². The highest BCUT2D eigenvalue weighted by Gasteiger charge is 2.32. The van der Waals surface area contributed by atoms with Crippen LogP contribution in [0.15, 0.2) is 29.2 Å². The van der Waals surface area contributed by atoms with E-state index in [1.807, 2.05) is 20.8 Å². The Morgan fingerprint density at radius 3 is 2.22 bits per heavy atom. The van der Waals surface area contributed by atoms with Gasteiger partial charge < -0.3 is 4.90 Å². The second-order valence-electron chi connectivity index (χ2n) is 8.00. The van der Waals surface area contributed by atoms with E-state index in [0.29, 0.717) is 13.0 Å². The SMILES string of the molecule is CC(C)(C)c1ccc(S(=O)(=O)NCCC(=O)N2CCC(S(C)(=O)=O)C2)cc1.